The van der Waals surface area contributed by atoms with Gasteiger partial charge in [0, 0.05) is 25.3 Å². The Morgan fingerprint density at radius 1 is 0.855 bits per heavy atom. The van der Waals surface area contributed by atoms with E-state index in [9.17, 15) is 14.4 Å². The zero-order valence-electron chi connectivity index (χ0n) is 34.0. The van der Waals surface area contributed by atoms with Gasteiger partial charge in [-0.3, -0.25) is 9.69 Å². The van der Waals surface area contributed by atoms with Gasteiger partial charge < -0.3 is 28.3 Å². The van der Waals surface area contributed by atoms with E-state index in [1.165, 1.54) is 13.8 Å². The van der Waals surface area contributed by atoms with E-state index in [0.717, 1.165) is 23.1 Å². The number of benzene rings is 2. The number of methoxy groups -OCH3 is 1. The van der Waals surface area contributed by atoms with Crippen molar-refractivity contribution in [3.8, 4) is 5.75 Å². The van der Waals surface area contributed by atoms with Gasteiger partial charge in [0.25, 0.3) is 0 Å². The molecule has 2 aromatic carbocycles. The number of para-hydroxylation sites is 1. The Balaban J connectivity index is 1.73. The van der Waals surface area contributed by atoms with E-state index in [4.69, 9.17) is 58.2 Å². The number of carbonyl (C=O) groups is 3. The molecule has 2 atom stereocenters. The number of rotatable bonds is 11. The van der Waals surface area contributed by atoms with Crippen molar-refractivity contribution in [3.05, 3.63) is 70.8 Å². The summed E-state index contributed by atoms with van der Waals surface area (Å²) in [6, 6.07) is 14.2. The van der Waals surface area contributed by atoms with Gasteiger partial charge in [0.1, 0.15) is 18.0 Å². The van der Waals surface area contributed by atoms with Gasteiger partial charge in [-0.25, -0.2) is 9.59 Å². The number of carbonyl (C=O) groups excluding carboxylic acids is 3. The van der Waals surface area contributed by atoms with E-state index < -0.39 is 53.6 Å². The van der Waals surface area contributed by atoms with Crippen molar-refractivity contribution in [1.82, 2.24) is 9.80 Å². The van der Waals surface area contributed by atoms with Crippen LogP contribution in [0, 0.1) is 0 Å². The fourth-order valence-corrected chi connectivity index (χ4v) is 7.43. The third kappa shape index (κ3) is 11.3. The molecule has 0 aliphatic carbocycles. The van der Waals surface area contributed by atoms with Gasteiger partial charge in [0.05, 0.1) is 25.6 Å². The van der Waals surface area contributed by atoms with Crippen LogP contribution >= 0.6 is 34.8 Å². The molecule has 304 valence electrons. The predicted octanol–water partition coefficient (Wildman–Crippen LogP) is 9.78. The van der Waals surface area contributed by atoms with Crippen LogP contribution in [0.1, 0.15) is 78.5 Å². The normalized spacial score (nSPS) is 18.2. The molecule has 0 spiro atoms. The zero-order valence-corrected chi connectivity index (χ0v) is 37.3. The third-order valence-electron chi connectivity index (χ3n) is 10.5. The average molecular weight is 840 g/mol. The Hall–Kier alpha value is -2.96. The number of halogens is 3. The van der Waals surface area contributed by atoms with E-state index in [1.807, 2.05) is 12.1 Å². The fourth-order valence-electron chi connectivity index (χ4n) is 6.27. The summed E-state index contributed by atoms with van der Waals surface area (Å²) in [4.78, 5) is 44.2. The second-order valence-corrected chi connectivity index (χ2v) is 24.3. The molecular weight excluding hydrogens is 783 g/mol. The molecule has 0 N–H and O–H groups in total. The molecule has 2 bridgehead atoms. The highest BCUT2D eigenvalue weighted by Crippen LogP contribution is 2.44. The molecule has 1 saturated heterocycles. The van der Waals surface area contributed by atoms with Gasteiger partial charge in [-0.15, -0.1) is 0 Å². The Morgan fingerprint density at radius 2 is 1.49 bits per heavy atom. The van der Waals surface area contributed by atoms with Gasteiger partial charge in [-0.2, -0.15) is 0 Å². The summed E-state index contributed by atoms with van der Waals surface area (Å²) >= 11 is 18.7. The molecule has 0 radical (unpaired) electrons. The lowest BCUT2D eigenvalue weighted by atomic mass is 9.82. The van der Waals surface area contributed by atoms with Crippen molar-refractivity contribution in [2.45, 2.75) is 120 Å². The zero-order chi connectivity index (χ0) is 41.1. The first-order chi connectivity index (χ1) is 25.3. The maximum Gasteiger partial charge on any atom is 0.411 e. The van der Waals surface area contributed by atoms with Crippen molar-refractivity contribution in [2.24, 2.45) is 0 Å². The second-order valence-electron chi connectivity index (χ2n) is 17.3. The fraction of sp³-hybridized carbons (Fsp3) is 0.585. The van der Waals surface area contributed by atoms with Crippen LogP contribution < -0.4 is 4.74 Å². The maximum absolute atomic E-state index is 14.1. The van der Waals surface area contributed by atoms with E-state index >= 15 is 0 Å². The van der Waals surface area contributed by atoms with Crippen molar-refractivity contribution in [2.75, 3.05) is 33.4 Å². The Bertz CT molecular complexity index is 1730. The monoisotopic (exact) mass is 838 g/mol. The van der Waals surface area contributed by atoms with Crippen molar-refractivity contribution < 1.29 is 37.8 Å². The molecule has 2 aromatic rings. The van der Waals surface area contributed by atoms with Gasteiger partial charge in [0.2, 0.25) is 3.79 Å². The molecule has 14 heteroatoms. The predicted molar refractivity (Wildman–Crippen MR) is 221 cm³/mol. The van der Waals surface area contributed by atoms with Crippen molar-refractivity contribution in [3.63, 3.8) is 0 Å². The third-order valence-corrected chi connectivity index (χ3v) is 16.5. The molecule has 0 saturated carbocycles. The minimum absolute atomic E-state index is 0.0290. The molecule has 2 amide bonds. The molecule has 55 heavy (non-hydrogen) atoms. The van der Waals surface area contributed by atoms with Crippen LogP contribution in [0.3, 0.4) is 0 Å². The first-order valence-electron chi connectivity index (χ1n) is 18.6. The smallest absolute Gasteiger partial charge is 0.411 e. The van der Waals surface area contributed by atoms with Gasteiger partial charge >= 0.3 is 18.2 Å². The Morgan fingerprint density at radius 3 is 2.07 bits per heavy atom. The molecule has 4 rings (SSSR count). The first kappa shape index (κ1) is 44.7. The maximum atomic E-state index is 14.1. The Kier molecular flexibility index (Phi) is 14.0. The molecule has 2 aliphatic heterocycles. The highest BCUT2D eigenvalue weighted by molar-refractivity contribution is 6.74. The van der Waals surface area contributed by atoms with Gasteiger partial charge in [-0.05, 0) is 93.9 Å². The molecule has 0 aromatic heterocycles. The van der Waals surface area contributed by atoms with Crippen LogP contribution in [0.5, 0.6) is 5.75 Å². The Labute approximate surface area is 342 Å². The minimum atomic E-state index is -1.93. The number of esters is 1. The van der Waals surface area contributed by atoms with Crippen LogP contribution in [0.4, 0.5) is 9.59 Å². The summed E-state index contributed by atoms with van der Waals surface area (Å²) in [5.41, 5.74) is 2.04. The molecule has 10 nitrogen and oxygen atoms in total. The molecular formula is C41H57Cl3N2O8Si. The summed E-state index contributed by atoms with van der Waals surface area (Å²) in [5, 5.41) is 0.117. The van der Waals surface area contributed by atoms with Gasteiger partial charge in [-0.1, -0.05) is 98.0 Å². The number of fused-ring (bicyclic) bond motifs is 2. The minimum Gasteiger partial charge on any atom is -0.496 e. The number of alkyl halides is 3. The lowest BCUT2D eigenvalue weighted by molar-refractivity contribution is -0.142. The van der Waals surface area contributed by atoms with Crippen molar-refractivity contribution in [1.29, 1.82) is 0 Å². The van der Waals surface area contributed by atoms with Crippen LogP contribution in [0.25, 0.3) is 5.57 Å². The van der Waals surface area contributed by atoms with Crippen LogP contribution in [-0.2, 0) is 36.3 Å². The quantitative estimate of drug-likeness (QED) is 0.0954. The lowest BCUT2D eigenvalue weighted by Gasteiger charge is -2.51. The highest BCUT2D eigenvalue weighted by atomic mass is 35.6. The highest BCUT2D eigenvalue weighted by Gasteiger charge is 2.51. The number of amides is 2. The molecule has 2 heterocycles. The first-order valence-corrected chi connectivity index (χ1v) is 22.7. The standard InChI is InChI=1S/C41H57Cl3N2O8Si/c1-38(2,3)53-36(48)45-24-30-23-31(28-18-16-27(17-19-28)20-21-52-55(10,11)39(4,5)6)32(26-51-35(47)22-29-14-12-13-15-34(29)50-9)33(25-45)46(30)37(49)54-40(7,8)41(42,43)44/h12-19,30,33H,20-26H2,1-11H3. The largest absolute Gasteiger partial charge is 0.496 e. The molecule has 2 aliphatic rings. The number of ether oxygens (including phenoxy) is 4. The molecule has 2 unspecified atom stereocenters. The van der Waals surface area contributed by atoms with E-state index in [2.05, 4.69) is 58.1 Å². The van der Waals surface area contributed by atoms with Gasteiger partial charge in [0.15, 0.2) is 13.9 Å². The average Bonchev–Trinajstić information content (AvgIpc) is 3.05. The lowest BCUT2D eigenvalue weighted by Crippen LogP contribution is -2.65. The van der Waals surface area contributed by atoms with Crippen LogP contribution in [-0.4, -0.2) is 96.8 Å². The van der Waals surface area contributed by atoms with Crippen LogP contribution in [0.2, 0.25) is 18.1 Å². The summed E-state index contributed by atoms with van der Waals surface area (Å²) in [7, 11) is -0.349. The SMILES string of the molecule is COc1ccccc1CC(=O)OCC1=C(c2ccc(CCO[Si](C)(C)C(C)(C)C)cc2)CC2CN(C(=O)OC(C)(C)C)CC1N2C(=O)OC(C)(C)C(Cl)(Cl)Cl. The summed E-state index contributed by atoms with van der Waals surface area (Å²) < 4.78 is 27.6. The van der Waals surface area contributed by atoms with E-state index in [1.54, 1.807) is 49.8 Å². The van der Waals surface area contributed by atoms with Crippen molar-refractivity contribution >= 4 is 66.8 Å². The number of hydrogen-bond donors (Lipinski definition) is 0. The topological polar surface area (TPSA) is 104 Å². The molecule has 1 fully saturated rings. The van der Waals surface area contributed by atoms with E-state index in [-0.39, 0.29) is 31.2 Å². The second kappa shape index (κ2) is 17.3. The summed E-state index contributed by atoms with van der Waals surface area (Å²) in [5.74, 6) is 0.0854. The number of piperazine rings is 1. The summed E-state index contributed by atoms with van der Waals surface area (Å²) in [6.07, 6.45) is -0.180. The number of nitrogens with zero attached hydrogens (tertiary/aromatic N) is 2. The number of hydrogen-bond acceptors (Lipinski definition) is 8. The van der Waals surface area contributed by atoms with Crippen LogP contribution in [0.15, 0.2) is 54.1 Å². The summed E-state index contributed by atoms with van der Waals surface area (Å²) in [6.45, 7) is 20.3. The van der Waals surface area contributed by atoms with E-state index in [0.29, 0.717) is 29.9 Å².